The van der Waals surface area contributed by atoms with Gasteiger partial charge in [-0.15, -0.1) is 11.3 Å². The van der Waals surface area contributed by atoms with E-state index in [9.17, 15) is 18.0 Å². The van der Waals surface area contributed by atoms with Crippen LogP contribution in [0.25, 0.3) is 21.8 Å². The second-order valence-electron chi connectivity index (χ2n) is 7.58. The number of nitrogens with one attached hydrogen (secondary N) is 2. The molecule has 0 unspecified atom stereocenters. The van der Waals surface area contributed by atoms with Crippen molar-refractivity contribution in [1.29, 1.82) is 0 Å². The molecule has 5 aromatic rings. The minimum atomic E-state index is -3.77. The van der Waals surface area contributed by atoms with Crippen LogP contribution in [0.5, 0.6) is 0 Å². The number of carbonyl (C=O) groups is 1. The van der Waals surface area contributed by atoms with Crippen LogP contribution in [0.1, 0.15) is 0 Å². The zero-order valence-corrected chi connectivity index (χ0v) is 19.4. The predicted octanol–water partition coefficient (Wildman–Crippen LogP) is 4.66. The molecule has 0 aliphatic heterocycles. The summed E-state index contributed by atoms with van der Waals surface area (Å²) in [7, 11) is -3.77. The molecule has 7 nitrogen and oxygen atoms in total. The van der Waals surface area contributed by atoms with Gasteiger partial charge in [-0.3, -0.25) is 14.3 Å². The van der Waals surface area contributed by atoms with Crippen molar-refractivity contribution in [1.82, 2.24) is 4.57 Å². The van der Waals surface area contributed by atoms with Crippen molar-refractivity contribution in [2.45, 2.75) is 10.8 Å². The topological polar surface area (TPSA) is 97.3 Å². The third kappa shape index (κ3) is 4.07. The molecule has 0 radical (unpaired) electrons. The Morgan fingerprint density at radius 2 is 1.38 bits per heavy atom. The molecule has 5 rings (SSSR count). The molecule has 170 valence electrons. The number of anilines is 2. The highest BCUT2D eigenvalue weighted by molar-refractivity contribution is 7.94. The van der Waals surface area contributed by atoms with Crippen molar-refractivity contribution in [3.8, 4) is 0 Å². The van der Waals surface area contributed by atoms with Crippen LogP contribution in [-0.2, 0) is 21.4 Å². The molecule has 0 fully saturated rings. The number of pyridine rings is 1. The zero-order chi connectivity index (χ0) is 23.7. The Hall–Kier alpha value is -3.95. The Balaban J connectivity index is 1.49. The lowest BCUT2D eigenvalue weighted by molar-refractivity contribution is -0.116. The van der Waals surface area contributed by atoms with Crippen molar-refractivity contribution in [3.63, 3.8) is 0 Å². The lowest BCUT2D eigenvalue weighted by Crippen LogP contribution is -2.22. The molecule has 34 heavy (non-hydrogen) atoms. The maximum Gasteiger partial charge on any atom is 0.271 e. The van der Waals surface area contributed by atoms with Crippen LogP contribution in [-0.4, -0.2) is 18.9 Å². The normalized spacial score (nSPS) is 11.5. The molecule has 2 N–H and O–H groups in total. The van der Waals surface area contributed by atoms with Gasteiger partial charge in [-0.05, 0) is 47.8 Å². The molecule has 0 spiro atoms. The highest BCUT2D eigenvalue weighted by Crippen LogP contribution is 2.26. The minimum absolute atomic E-state index is 0.0622. The summed E-state index contributed by atoms with van der Waals surface area (Å²) in [5.41, 5.74) is 1.80. The van der Waals surface area contributed by atoms with E-state index in [0.717, 1.165) is 11.3 Å². The highest BCUT2D eigenvalue weighted by Gasteiger charge is 2.18. The summed E-state index contributed by atoms with van der Waals surface area (Å²) in [6, 6.07) is 24.1. The second kappa shape index (κ2) is 8.77. The Kier molecular flexibility index (Phi) is 5.64. The molecule has 9 heteroatoms. The van der Waals surface area contributed by atoms with Crippen LogP contribution < -0.4 is 15.5 Å². The summed E-state index contributed by atoms with van der Waals surface area (Å²) < 4.78 is 29.9. The van der Waals surface area contributed by atoms with Gasteiger partial charge in [0.1, 0.15) is 10.8 Å². The van der Waals surface area contributed by atoms with Gasteiger partial charge in [0.2, 0.25) is 5.91 Å². The predicted molar refractivity (Wildman–Crippen MR) is 136 cm³/mol. The summed E-state index contributed by atoms with van der Waals surface area (Å²) in [5.74, 6) is -0.360. The van der Waals surface area contributed by atoms with Crippen molar-refractivity contribution in [2.24, 2.45) is 0 Å². The summed E-state index contributed by atoms with van der Waals surface area (Å²) in [6.07, 6.45) is 0. The first-order valence-corrected chi connectivity index (χ1v) is 12.8. The zero-order valence-electron chi connectivity index (χ0n) is 17.8. The number of amides is 1. The van der Waals surface area contributed by atoms with E-state index < -0.39 is 10.0 Å². The van der Waals surface area contributed by atoms with Gasteiger partial charge in [0.15, 0.2) is 5.43 Å². The second-order valence-corrected chi connectivity index (χ2v) is 10.4. The smallest absolute Gasteiger partial charge is 0.271 e. The van der Waals surface area contributed by atoms with Gasteiger partial charge in [-0.1, -0.05) is 42.5 Å². The average molecular weight is 490 g/mol. The van der Waals surface area contributed by atoms with E-state index in [4.69, 9.17) is 0 Å². The number of aromatic nitrogens is 1. The standard InChI is InChI=1S/C25H19N3O4S2/c29-23(26-19-10-3-4-11-20(19)27-34(31,32)24-14-7-15-33-24)16-28-21-12-5-1-8-17(21)25(30)18-9-2-6-13-22(18)28/h1-15,27H,16H2,(H,26,29). The first-order valence-electron chi connectivity index (χ1n) is 10.4. The van der Waals surface area contributed by atoms with Crippen LogP contribution in [0, 0.1) is 0 Å². The molecule has 0 saturated carbocycles. The van der Waals surface area contributed by atoms with E-state index in [1.807, 2.05) is 12.1 Å². The van der Waals surface area contributed by atoms with Gasteiger partial charge in [0.25, 0.3) is 10.0 Å². The molecule has 0 bridgehead atoms. The number of hydrogen-bond donors (Lipinski definition) is 2. The number of rotatable bonds is 6. The number of nitrogens with zero attached hydrogens (tertiary/aromatic N) is 1. The molecule has 2 aromatic heterocycles. The van der Waals surface area contributed by atoms with Gasteiger partial charge in [0.05, 0.1) is 22.4 Å². The van der Waals surface area contributed by atoms with E-state index in [1.165, 1.54) is 6.07 Å². The Morgan fingerprint density at radius 3 is 2.00 bits per heavy atom. The van der Waals surface area contributed by atoms with Crippen LogP contribution >= 0.6 is 11.3 Å². The van der Waals surface area contributed by atoms with E-state index in [-0.39, 0.29) is 27.8 Å². The maximum atomic E-state index is 13.1. The summed E-state index contributed by atoms with van der Waals surface area (Å²) >= 11 is 1.11. The van der Waals surface area contributed by atoms with Crippen LogP contribution in [0.4, 0.5) is 11.4 Å². The first kappa shape index (κ1) is 21.9. The molecule has 1 amide bonds. The lowest BCUT2D eigenvalue weighted by atomic mass is 10.1. The number of carbonyl (C=O) groups excluding carboxylic acids is 1. The van der Waals surface area contributed by atoms with E-state index >= 15 is 0 Å². The molecular weight excluding hydrogens is 470 g/mol. The monoisotopic (exact) mass is 489 g/mol. The molecule has 0 aliphatic rings. The van der Waals surface area contributed by atoms with Crippen LogP contribution in [0.3, 0.4) is 0 Å². The molecule has 0 saturated heterocycles. The number of hydrogen-bond acceptors (Lipinski definition) is 5. The van der Waals surface area contributed by atoms with Crippen molar-refractivity contribution in [3.05, 3.63) is 101 Å². The quantitative estimate of drug-likeness (QED) is 0.339. The average Bonchev–Trinajstić information content (AvgIpc) is 3.39. The Morgan fingerprint density at radius 1 is 0.794 bits per heavy atom. The number of thiophene rings is 1. The highest BCUT2D eigenvalue weighted by atomic mass is 32.2. The van der Waals surface area contributed by atoms with Gasteiger partial charge in [-0.25, -0.2) is 8.42 Å². The summed E-state index contributed by atoms with van der Waals surface area (Å²) in [5, 5.41) is 5.54. The van der Waals surface area contributed by atoms with Crippen molar-refractivity contribution >= 4 is 60.4 Å². The van der Waals surface area contributed by atoms with E-state index in [0.29, 0.717) is 27.5 Å². The van der Waals surface area contributed by atoms with Crippen molar-refractivity contribution < 1.29 is 13.2 Å². The number of sulfonamides is 1. The fraction of sp³-hybridized carbons (Fsp3) is 0.0400. The fourth-order valence-corrected chi connectivity index (χ4v) is 5.95. The summed E-state index contributed by atoms with van der Waals surface area (Å²) in [6.45, 7) is -0.0622. The fourth-order valence-electron chi connectivity index (χ4n) is 3.87. The third-order valence-corrected chi connectivity index (χ3v) is 8.15. The molecule has 2 heterocycles. The van der Waals surface area contributed by atoms with Gasteiger partial charge in [0, 0.05) is 10.8 Å². The molecule has 0 atom stereocenters. The van der Waals surface area contributed by atoms with E-state index in [1.54, 1.807) is 76.7 Å². The molecule has 3 aromatic carbocycles. The maximum absolute atomic E-state index is 13.1. The van der Waals surface area contributed by atoms with Crippen LogP contribution in [0.2, 0.25) is 0 Å². The van der Waals surface area contributed by atoms with Crippen molar-refractivity contribution in [2.75, 3.05) is 10.0 Å². The molecule has 0 aliphatic carbocycles. The Labute approximate surface area is 199 Å². The third-order valence-electron chi connectivity index (χ3n) is 5.39. The van der Waals surface area contributed by atoms with Gasteiger partial charge >= 0.3 is 0 Å². The minimum Gasteiger partial charge on any atom is -0.331 e. The van der Waals surface area contributed by atoms with Gasteiger partial charge in [-0.2, -0.15) is 0 Å². The van der Waals surface area contributed by atoms with E-state index in [2.05, 4.69) is 10.0 Å². The van der Waals surface area contributed by atoms with Gasteiger partial charge < -0.3 is 9.88 Å². The molecular formula is C25H19N3O4S2. The SMILES string of the molecule is O=C(Cn1c2ccccc2c(=O)c2ccccc21)Nc1ccccc1NS(=O)(=O)c1cccs1. The lowest BCUT2D eigenvalue weighted by Gasteiger charge is -2.16. The largest absolute Gasteiger partial charge is 0.331 e. The Bertz CT molecular complexity index is 1630. The summed E-state index contributed by atoms with van der Waals surface area (Å²) in [4.78, 5) is 26.0. The number of para-hydroxylation sites is 4. The number of fused-ring (bicyclic) bond motifs is 2. The first-order chi connectivity index (χ1) is 16.4. The van der Waals surface area contributed by atoms with Crippen LogP contribution in [0.15, 0.2) is 99.3 Å². The number of benzene rings is 3.